The van der Waals surface area contributed by atoms with Crippen LogP contribution in [0.3, 0.4) is 0 Å². The lowest BCUT2D eigenvalue weighted by molar-refractivity contribution is 0.265. The largest absolute Gasteiger partial charge is 0.388 e. The van der Waals surface area contributed by atoms with Crippen molar-refractivity contribution >= 4 is 11.6 Å². The van der Waals surface area contributed by atoms with Crippen LogP contribution in [-0.4, -0.2) is 14.7 Å². The molecule has 0 bridgehead atoms. The summed E-state index contributed by atoms with van der Waals surface area (Å²) in [5.74, 6) is 0.618. The monoisotopic (exact) mass is 160 g/mol. The van der Waals surface area contributed by atoms with Crippen molar-refractivity contribution in [1.29, 1.82) is 0 Å². The molecule has 1 N–H and O–H groups in total. The number of aliphatic hydroxyl groups excluding tert-OH is 1. The molecule has 4 heteroatoms. The minimum atomic E-state index is -0.0550. The minimum absolute atomic E-state index is 0.0550. The molecule has 0 aliphatic carbocycles. The van der Waals surface area contributed by atoms with E-state index in [-0.39, 0.29) is 6.61 Å². The zero-order valence-electron chi connectivity index (χ0n) is 5.71. The van der Waals surface area contributed by atoms with Crippen molar-refractivity contribution in [3.8, 4) is 0 Å². The highest BCUT2D eigenvalue weighted by Crippen LogP contribution is 2.07. The first-order chi connectivity index (χ1) is 4.77. The van der Waals surface area contributed by atoms with Crippen LogP contribution in [0.15, 0.2) is 6.20 Å². The number of imidazole rings is 1. The van der Waals surface area contributed by atoms with Crippen LogP contribution >= 0.6 is 11.6 Å². The minimum Gasteiger partial charge on any atom is -0.388 e. The SMILES string of the molecule is CCn1cc(Cl)nc1CO. The highest BCUT2D eigenvalue weighted by Gasteiger charge is 2.01. The van der Waals surface area contributed by atoms with E-state index >= 15 is 0 Å². The molecule has 1 aromatic heterocycles. The van der Waals surface area contributed by atoms with Gasteiger partial charge in [-0.25, -0.2) is 4.98 Å². The topological polar surface area (TPSA) is 38.0 Å². The van der Waals surface area contributed by atoms with Gasteiger partial charge in [-0.1, -0.05) is 11.6 Å². The Bertz CT molecular complexity index is 200. The molecule has 1 heterocycles. The normalized spacial score (nSPS) is 10.3. The quantitative estimate of drug-likeness (QED) is 0.703. The van der Waals surface area contributed by atoms with Gasteiger partial charge >= 0.3 is 0 Å². The summed E-state index contributed by atoms with van der Waals surface area (Å²) in [5.41, 5.74) is 0. The van der Waals surface area contributed by atoms with Gasteiger partial charge in [0.15, 0.2) is 0 Å². The molecule has 0 aromatic carbocycles. The van der Waals surface area contributed by atoms with Crippen LogP contribution in [-0.2, 0) is 13.2 Å². The second-order valence-corrected chi connectivity index (χ2v) is 2.31. The first-order valence-electron chi connectivity index (χ1n) is 3.10. The van der Waals surface area contributed by atoms with Gasteiger partial charge in [-0.15, -0.1) is 0 Å². The smallest absolute Gasteiger partial charge is 0.147 e. The lowest BCUT2D eigenvalue weighted by Gasteiger charge is -1.98. The van der Waals surface area contributed by atoms with Crippen LogP contribution in [0, 0.1) is 0 Å². The number of aliphatic hydroxyl groups is 1. The zero-order valence-corrected chi connectivity index (χ0v) is 6.47. The lowest BCUT2D eigenvalue weighted by atomic mass is 10.6. The van der Waals surface area contributed by atoms with E-state index in [0.717, 1.165) is 6.54 Å². The fourth-order valence-electron chi connectivity index (χ4n) is 0.819. The molecule has 0 atom stereocenters. The van der Waals surface area contributed by atoms with E-state index in [1.807, 2.05) is 11.5 Å². The zero-order chi connectivity index (χ0) is 7.56. The Morgan fingerprint density at radius 2 is 2.50 bits per heavy atom. The average Bonchev–Trinajstić information content (AvgIpc) is 2.30. The molecule has 0 saturated carbocycles. The van der Waals surface area contributed by atoms with Gasteiger partial charge in [0.25, 0.3) is 0 Å². The van der Waals surface area contributed by atoms with Gasteiger partial charge < -0.3 is 9.67 Å². The predicted molar refractivity (Wildman–Crippen MR) is 38.8 cm³/mol. The van der Waals surface area contributed by atoms with Crippen molar-refractivity contribution < 1.29 is 5.11 Å². The van der Waals surface area contributed by atoms with Crippen molar-refractivity contribution in [1.82, 2.24) is 9.55 Å². The summed E-state index contributed by atoms with van der Waals surface area (Å²) >= 11 is 5.58. The number of hydrogen-bond acceptors (Lipinski definition) is 2. The Labute approximate surface area is 64.3 Å². The van der Waals surface area contributed by atoms with Gasteiger partial charge in [-0.3, -0.25) is 0 Å². The maximum absolute atomic E-state index is 8.72. The molecule has 0 spiro atoms. The standard InChI is InChI=1S/C6H9ClN2O/c1-2-9-3-5(7)8-6(9)4-10/h3,10H,2,4H2,1H3. The molecule has 0 amide bonds. The highest BCUT2D eigenvalue weighted by atomic mass is 35.5. The van der Waals surface area contributed by atoms with E-state index < -0.39 is 0 Å². The van der Waals surface area contributed by atoms with Gasteiger partial charge in [-0.05, 0) is 6.92 Å². The summed E-state index contributed by atoms with van der Waals surface area (Å²) in [7, 11) is 0. The predicted octanol–water partition coefficient (Wildman–Crippen LogP) is 1.05. The number of halogens is 1. The van der Waals surface area contributed by atoms with Gasteiger partial charge in [0.05, 0.1) is 0 Å². The lowest BCUT2D eigenvalue weighted by Crippen LogP contribution is -1.99. The van der Waals surface area contributed by atoms with Gasteiger partial charge in [0, 0.05) is 12.7 Å². The average molecular weight is 161 g/mol. The maximum Gasteiger partial charge on any atom is 0.147 e. The summed E-state index contributed by atoms with van der Waals surface area (Å²) in [5, 5.41) is 9.16. The van der Waals surface area contributed by atoms with Crippen LogP contribution in [0.5, 0.6) is 0 Å². The fourth-order valence-corrected chi connectivity index (χ4v) is 1.03. The molecule has 3 nitrogen and oxygen atoms in total. The van der Waals surface area contributed by atoms with E-state index in [1.54, 1.807) is 6.20 Å². The summed E-state index contributed by atoms with van der Waals surface area (Å²) in [4.78, 5) is 3.88. The van der Waals surface area contributed by atoms with E-state index in [2.05, 4.69) is 4.98 Å². The Hall–Kier alpha value is -0.540. The summed E-state index contributed by atoms with van der Waals surface area (Å²) in [6.07, 6.45) is 1.70. The second-order valence-electron chi connectivity index (χ2n) is 1.92. The van der Waals surface area contributed by atoms with Gasteiger partial charge in [0.1, 0.15) is 17.6 Å². The Balaban J connectivity index is 2.96. The molecule has 56 valence electrons. The molecule has 0 saturated heterocycles. The van der Waals surface area contributed by atoms with Gasteiger partial charge in [0.2, 0.25) is 0 Å². The number of nitrogens with zero attached hydrogens (tertiary/aromatic N) is 2. The number of aryl methyl sites for hydroxylation is 1. The van der Waals surface area contributed by atoms with Crippen LogP contribution in [0.4, 0.5) is 0 Å². The molecule has 0 radical (unpaired) electrons. The van der Waals surface area contributed by atoms with Crippen LogP contribution in [0.1, 0.15) is 12.7 Å². The molecule has 0 aliphatic heterocycles. The van der Waals surface area contributed by atoms with E-state index in [1.165, 1.54) is 0 Å². The summed E-state index contributed by atoms with van der Waals surface area (Å²) in [6.45, 7) is 2.70. The fraction of sp³-hybridized carbons (Fsp3) is 0.500. The third kappa shape index (κ3) is 1.30. The van der Waals surface area contributed by atoms with Crippen molar-refractivity contribution in [2.75, 3.05) is 0 Å². The molecule has 1 aromatic rings. The number of aromatic nitrogens is 2. The molecule has 1 rings (SSSR count). The van der Waals surface area contributed by atoms with Crippen LogP contribution in [0.25, 0.3) is 0 Å². The Morgan fingerprint density at radius 1 is 1.80 bits per heavy atom. The van der Waals surface area contributed by atoms with Crippen molar-refractivity contribution in [3.63, 3.8) is 0 Å². The van der Waals surface area contributed by atoms with Crippen molar-refractivity contribution in [3.05, 3.63) is 17.2 Å². The Kier molecular flexibility index (Phi) is 2.29. The Morgan fingerprint density at radius 3 is 2.90 bits per heavy atom. The first kappa shape index (κ1) is 7.57. The van der Waals surface area contributed by atoms with Crippen LogP contribution < -0.4 is 0 Å². The third-order valence-electron chi connectivity index (χ3n) is 1.31. The third-order valence-corrected chi connectivity index (χ3v) is 1.49. The van der Waals surface area contributed by atoms with Crippen molar-refractivity contribution in [2.45, 2.75) is 20.1 Å². The van der Waals surface area contributed by atoms with E-state index in [4.69, 9.17) is 16.7 Å². The summed E-state index contributed by atoms with van der Waals surface area (Å²) < 4.78 is 1.81. The van der Waals surface area contributed by atoms with E-state index in [9.17, 15) is 0 Å². The van der Waals surface area contributed by atoms with Crippen molar-refractivity contribution in [2.24, 2.45) is 0 Å². The first-order valence-corrected chi connectivity index (χ1v) is 3.48. The molecular weight excluding hydrogens is 152 g/mol. The maximum atomic E-state index is 8.72. The molecule has 0 unspecified atom stereocenters. The molecule has 10 heavy (non-hydrogen) atoms. The molecular formula is C6H9ClN2O. The number of hydrogen-bond donors (Lipinski definition) is 1. The van der Waals surface area contributed by atoms with E-state index in [0.29, 0.717) is 11.0 Å². The second kappa shape index (κ2) is 3.03. The highest BCUT2D eigenvalue weighted by molar-refractivity contribution is 6.29. The van der Waals surface area contributed by atoms with Crippen LogP contribution in [0.2, 0.25) is 5.15 Å². The molecule has 0 fully saturated rings. The number of rotatable bonds is 2. The molecule has 0 aliphatic rings. The summed E-state index contributed by atoms with van der Waals surface area (Å²) in [6, 6.07) is 0. The van der Waals surface area contributed by atoms with Gasteiger partial charge in [-0.2, -0.15) is 0 Å².